The average molecular weight is 340 g/mol. The van der Waals surface area contributed by atoms with Crippen molar-refractivity contribution in [2.45, 2.75) is 18.4 Å². The molecule has 1 aliphatic carbocycles. The molecule has 0 bridgehead atoms. The second-order valence-corrected chi connectivity index (χ2v) is 6.33. The largest absolute Gasteiger partial charge is 0.466 e. The molecule has 1 aromatic carbocycles. The second kappa shape index (κ2) is 5.95. The van der Waals surface area contributed by atoms with Crippen LogP contribution in [-0.2, 0) is 5.60 Å². The molecule has 0 aliphatic heterocycles. The minimum atomic E-state index is -1.19. The highest BCUT2D eigenvalue weighted by molar-refractivity contribution is 6.35. The van der Waals surface area contributed by atoms with Crippen LogP contribution in [0.3, 0.4) is 0 Å². The van der Waals surface area contributed by atoms with E-state index in [2.05, 4.69) is 5.32 Å². The fourth-order valence-corrected chi connectivity index (χ4v) is 2.88. The van der Waals surface area contributed by atoms with E-state index < -0.39 is 5.60 Å². The van der Waals surface area contributed by atoms with Crippen molar-refractivity contribution >= 4 is 29.1 Å². The number of halogens is 2. The van der Waals surface area contributed by atoms with E-state index in [0.29, 0.717) is 15.8 Å². The lowest BCUT2D eigenvalue weighted by Crippen LogP contribution is -2.42. The summed E-state index contributed by atoms with van der Waals surface area (Å²) >= 11 is 11.9. The van der Waals surface area contributed by atoms with Crippen molar-refractivity contribution < 1.29 is 14.3 Å². The van der Waals surface area contributed by atoms with Crippen molar-refractivity contribution in [1.29, 1.82) is 0 Å². The van der Waals surface area contributed by atoms with Crippen molar-refractivity contribution in [3.8, 4) is 0 Å². The van der Waals surface area contributed by atoms with E-state index in [1.165, 1.54) is 12.3 Å². The van der Waals surface area contributed by atoms with E-state index in [0.717, 1.165) is 12.8 Å². The maximum atomic E-state index is 12.3. The van der Waals surface area contributed by atoms with Crippen LogP contribution in [0.15, 0.2) is 41.0 Å². The molecule has 0 spiro atoms. The Morgan fingerprint density at radius 2 is 2.14 bits per heavy atom. The van der Waals surface area contributed by atoms with Crippen LogP contribution in [0.2, 0.25) is 10.0 Å². The van der Waals surface area contributed by atoms with E-state index in [4.69, 9.17) is 27.6 Å². The highest BCUT2D eigenvalue weighted by atomic mass is 35.5. The summed E-state index contributed by atoms with van der Waals surface area (Å²) in [5.41, 5.74) is -0.906. The molecule has 1 saturated carbocycles. The Hall–Kier alpha value is -1.49. The molecule has 3 rings (SSSR count). The molecular weight excluding hydrogens is 325 g/mol. The Balaban J connectivity index is 1.75. The fraction of sp³-hybridized carbons (Fsp3) is 0.312. The van der Waals surface area contributed by atoms with Crippen LogP contribution >= 0.6 is 23.2 Å². The molecule has 0 unspecified atom stereocenters. The molecule has 2 aromatic rings. The fourth-order valence-electron chi connectivity index (χ4n) is 2.50. The maximum absolute atomic E-state index is 12.3. The smallest absolute Gasteiger partial charge is 0.252 e. The van der Waals surface area contributed by atoms with Gasteiger partial charge in [0.15, 0.2) is 0 Å². The van der Waals surface area contributed by atoms with Gasteiger partial charge < -0.3 is 14.8 Å². The van der Waals surface area contributed by atoms with Gasteiger partial charge in [-0.1, -0.05) is 23.2 Å². The van der Waals surface area contributed by atoms with Gasteiger partial charge >= 0.3 is 0 Å². The average Bonchev–Trinajstić information content (AvgIpc) is 3.22. The predicted octanol–water partition coefficient (Wildman–Crippen LogP) is 3.61. The van der Waals surface area contributed by atoms with Gasteiger partial charge in [-0.25, -0.2) is 0 Å². The molecule has 22 heavy (non-hydrogen) atoms. The summed E-state index contributed by atoms with van der Waals surface area (Å²) in [6, 6.07) is 8.12. The van der Waals surface area contributed by atoms with E-state index in [1.807, 2.05) is 0 Å². The van der Waals surface area contributed by atoms with Gasteiger partial charge in [0.2, 0.25) is 0 Å². The van der Waals surface area contributed by atoms with Gasteiger partial charge in [-0.15, -0.1) is 0 Å². The lowest BCUT2D eigenvalue weighted by molar-refractivity contribution is -0.00610. The first-order chi connectivity index (χ1) is 10.5. The molecular formula is C16H15Cl2NO3. The number of amides is 1. The topological polar surface area (TPSA) is 62.5 Å². The number of nitrogens with one attached hydrogen (secondary N) is 1. The monoisotopic (exact) mass is 339 g/mol. The summed E-state index contributed by atoms with van der Waals surface area (Å²) in [6.45, 7) is 0.0624. The third kappa shape index (κ3) is 3.00. The number of carbonyl (C=O) groups excluding carboxylic acids is 1. The van der Waals surface area contributed by atoms with E-state index in [-0.39, 0.29) is 23.9 Å². The molecule has 1 aliphatic rings. The predicted molar refractivity (Wildman–Crippen MR) is 84.1 cm³/mol. The number of aliphatic hydroxyl groups is 1. The van der Waals surface area contributed by atoms with Crippen LogP contribution in [0.25, 0.3) is 0 Å². The maximum Gasteiger partial charge on any atom is 0.252 e. The third-order valence-electron chi connectivity index (χ3n) is 3.89. The zero-order valence-corrected chi connectivity index (χ0v) is 13.2. The summed E-state index contributed by atoms with van der Waals surface area (Å²) in [5, 5.41) is 14.3. The molecule has 0 radical (unpaired) electrons. The molecule has 2 N–H and O–H groups in total. The van der Waals surface area contributed by atoms with Gasteiger partial charge in [-0.05, 0) is 49.1 Å². The molecule has 116 valence electrons. The Morgan fingerprint density at radius 1 is 1.36 bits per heavy atom. The summed E-state index contributed by atoms with van der Waals surface area (Å²) < 4.78 is 5.33. The molecule has 0 saturated heterocycles. The molecule has 1 heterocycles. The van der Waals surface area contributed by atoms with Gasteiger partial charge in [0.25, 0.3) is 5.91 Å². The first-order valence-corrected chi connectivity index (χ1v) is 7.76. The first-order valence-electron chi connectivity index (χ1n) is 7.00. The lowest BCUT2D eigenvalue weighted by atomic mass is 9.94. The summed E-state index contributed by atoms with van der Waals surface area (Å²) in [6.07, 6.45) is 3.33. The number of hydrogen-bond donors (Lipinski definition) is 2. The Labute approximate surface area is 138 Å². The normalized spacial score (nSPS) is 17.0. The van der Waals surface area contributed by atoms with Crippen molar-refractivity contribution in [1.82, 2.24) is 5.32 Å². The highest BCUT2D eigenvalue weighted by Gasteiger charge is 2.47. The van der Waals surface area contributed by atoms with Gasteiger partial charge in [0.1, 0.15) is 11.4 Å². The number of benzene rings is 1. The van der Waals surface area contributed by atoms with Gasteiger partial charge in [-0.2, -0.15) is 0 Å². The van der Waals surface area contributed by atoms with Crippen molar-refractivity contribution in [3.63, 3.8) is 0 Å². The zero-order valence-electron chi connectivity index (χ0n) is 11.7. The standard InChI is InChI=1S/C16H15Cl2NO3/c17-11-5-6-13(18)12(8-11)15(20)19-9-16(21,10-3-4-10)14-2-1-7-22-14/h1-2,5-8,10,21H,3-4,9H2,(H,19,20)/t16-/m0/s1. The Morgan fingerprint density at radius 3 is 2.77 bits per heavy atom. The van der Waals surface area contributed by atoms with Crippen LogP contribution in [0.4, 0.5) is 0 Å². The second-order valence-electron chi connectivity index (χ2n) is 5.48. The van der Waals surface area contributed by atoms with Gasteiger partial charge in [0.05, 0.1) is 23.4 Å². The Bertz CT molecular complexity index is 683. The summed E-state index contributed by atoms with van der Waals surface area (Å²) in [5.74, 6) is 0.180. The number of furan rings is 1. The van der Waals surface area contributed by atoms with Gasteiger partial charge in [-0.3, -0.25) is 4.79 Å². The third-order valence-corrected chi connectivity index (χ3v) is 4.46. The SMILES string of the molecule is O=C(NC[C@@](O)(c1ccco1)C1CC1)c1cc(Cl)ccc1Cl. The van der Waals surface area contributed by atoms with E-state index >= 15 is 0 Å². The van der Waals surface area contributed by atoms with Crippen LogP contribution < -0.4 is 5.32 Å². The molecule has 4 nitrogen and oxygen atoms in total. The minimum absolute atomic E-state index is 0.0624. The molecule has 1 fully saturated rings. The minimum Gasteiger partial charge on any atom is -0.466 e. The summed E-state index contributed by atoms with van der Waals surface area (Å²) in [7, 11) is 0. The number of carbonyl (C=O) groups is 1. The van der Waals surface area contributed by atoms with Crippen LogP contribution in [0.5, 0.6) is 0 Å². The number of hydrogen-bond acceptors (Lipinski definition) is 3. The van der Waals surface area contributed by atoms with Crippen molar-refractivity contribution in [2.75, 3.05) is 6.54 Å². The summed E-state index contributed by atoms with van der Waals surface area (Å²) in [4.78, 5) is 12.3. The Kier molecular flexibility index (Phi) is 4.17. The van der Waals surface area contributed by atoms with Crippen LogP contribution in [-0.4, -0.2) is 17.6 Å². The first kappa shape index (κ1) is 15.4. The van der Waals surface area contributed by atoms with Crippen LogP contribution in [0.1, 0.15) is 29.0 Å². The zero-order chi connectivity index (χ0) is 15.7. The van der Waals surface area contributed by atoms with Crippen molar-refractivity contribution in [3.05, 3.63) is 58.0 Å². The van der Waals surface area contributed by atoms with Crippen LogP contribution in [0, 0.1) is 5.92 Å². The number of rotatable bonds is 5. The van der Waals surface area contributed by atoms with Gasteiger partial charge in [0, 0.05) is 5.02 Å². The quantitative estimate of drug-likeness (QED) is 0.874. The molecule has 6 heteroatoms. The highest BCUT2D eigenvalue weighted by Crippen LogP contribution is 2.45. The van der Waals surface area contributed by atoms with Crippen molar-refractivity contribution in [2.24, 2.45) is 5.92 Å². The molecule has 1 atom stereocenters. The molecule has 1 aromatic heterocycles. The van der Waals surface area contributed by atoms with E-state index in [1.54, 1.807) is 24.3 Å². The van der Waals surface area contributed by atoms with E-state index in [9.17, 15) is 9.90 Å². The molecule has 1 amide bonds. The lowest BCUT2D eigenvalue weighted by Gasteiger charge is -2.26.